The zero-order chi connectivity index (χ0) is 14.4. The molecule has 106 valence electrons. The molecular weight excluding hydrogens is 268 g/mol. The van der Waals surface area contributed by atoms with Crippen molar-refractivity contribution in [2.75, 3.05) is 6.54 Å². The number of hydrogen-bond donors (Lipinski definition) is 1. The molecule has 1 aromatic carbocycles. The van der Waals surface area contributed by atoms with Crippen LogP contribution in [0.3, 0.4) is 0 Å². The summed E-state index contributed by atoms with van der Waals surface area (Å²) in [5.41, 5.74) is 0. The molecular formula is C16H20N2OS. The van der Waals surface area contributed by atoms with Crippen LogP contribution in [0.15, 0.2) is 35.2 Å². The third kappa shape index (κ3) is 3.55. The third-order valence-corrected chi connectivity index (χ3v) is 5.16. The molecule has 3 nitrogen and oxygen atoms in total. The SMILES string of the molecule is C[C@H](C#N)CNC(=O)C1(Sc2ccccc2)CCCC1. The van der Waals surface area contributed by atoms with Crippen molar-refractivity contribution in [3.05, 3.63) is 30.3 Å². The van der Waals surface area contributed by atoms with Gasteiger partial charge in [-0.3, -0.25) is 4.79 Å². The molecule has 1 aliphatic carbocycles. The van der Waals surface area contributed by atoms with E-state index >= 15 is 0 Å². The number of carbonyl (C=O) groups is 1. The predicted octanol–water partition coefficient (Wildman–Crippen LogP) is 3.37. The summed E-state index contributed by atoms with van der Waals surface area (Å²) < 4.78 is -0.351. The quantitative estimate of drug-likeness (QED) is 0.903. The monoisotopic (exact) mass is 288 g/mol. The van der Waals surface area contributed by atoms with Crippen LogP contribution in [0.1, 0.15) is 32.6 Å². The highest BCUT2D eigenvalue weighted by atomic mass is 32.2. The molecule has 20 heavy (non-hydrogen) atoms. The Hall–Kier alpha value is -1.47. The van der Waals surface area contributed by atoms with E-state index in [0.29, 0.717) is 6.54 Å². The van der Waals surface area contributed by atoms with Crippen LogP contribution < -0.4 is 5.32 Å². The van der Waals surface area contributed by atoms with Crippen molar-refractivity contribution >= 4 is 17.7 Å². The fourth-order valence-electron chi connectivity index (χ4n) is 2.49. The van der Waals surface area contributed by atoms with Crippen LogP contribution in [-0.4, -0.2) is 17.2 Å². The van der Waals surface area contributed by atoms with E-state index in [-0.39, 0.29) is 16.6 Å². The van der Waals surface area contributed by atoms with Crippen LogP contribution >= 0.6 is 11.8 Å². The zero-order valence-corrected chi connectivity index (χ0v) is 12.6. The number of thioether (sulfide) groups is 1. The number of carbonyl (C=O) groups excluding carboxylic acids is 1. The lowest BCUT2D eigenvalue weighted by molar-refractivity contribution is -0.123. The highest BCUT2D eigenvalue weighted by Crippen LogP contribution is 2.45. The molecule has 0 aliphatic heterocycles. The van der Waals surface area contributed by atoms with E-state index in [4.69, 9.17) is 5.26 Å². The minimum absolute atomic E-state index is 0.0888. The van der Waals surface area contributed by atoms with Gasteiger partial charge in [0.15, 0.2) is 0 Å². The van der Waals surface area contributed by atoms with Crippen LogP contribution in [-0.2, 0) is 4.79 Å². The standard InChI is InChI=1S/C16H20N2OS/c1-13(11-17)12-18-15(19)16(9-5-6-10-16)20-14-7-3-2-4-8-14/h2-4,7-8,13H,5-6,9-10,12H2,1H3,(H,18,19)/t13-/m1/s1. The van der Waals surface area contributed by atoms with E-state index in [1.165, 1.54) is 0 Å². The van der Waals surface area contributed by atoms with E-state index in [0.717, 1.165) is 30.6 Å². The molecule has 0 aromatic heterocycles. The number of hydrogen-bond acceptors (Lipinski definition) is 3. The van der Waals surface area contributed by atoms with Gasteiger partial charge in [-0.1, -0.05) is 31.0 Å². The zero-order valence-electron chi connectivity index (χ0n) is 11.8. The maximum atomic E-state index is 12.6. The van der Waals surface area contributed by atoms with E-state index in [9.17, 15) is 4.79 Å². The summed E-state index contributed by atoms with van der Waals surface area (Å²) in [6, 6.07) is 12.2. The number of rotatable bonds is 5. The van der Waals surface area contributed by atoms with E-state index < -0.39 is 0 Å². The lowest BCUT2D eigenvalue weighted by atomic mass is 10.1. The molecule has 1 aromatic rings. The number of benzene rings is 1. The molecule has 4 heteroatoms. The smallest absolute Gasteiger partial charge is 0.236 e. The van der Waals surface area contributed by atoms with Gasteiger partial charge in [-0.15, -0.1) is 11.8 Å². The molecule has 0 heterocycles. The first-order chi connectivity index (χ1) is 9.66. The van der Waals surface area contributed by atoms with Gasteiger partial charge in [0, 0.05) is 11.4 Å². The normalized spacial score (nSPS) is 18.2. The van der Waals surface area contributed by atoms with Crippen molar-refractivity contribution in [2.45, 2.75) is 42.2 Å². The minimum Gasteiger partial charge on any atom is -0.354 e. The lowest BCUT2D eigenvalue weighted by Gasteiger charge is -2.27. The second-order valence-corrected chi connectivity index (χ2v) is 6.81. The lowest BCUT2D eigenvalue weighted by Crippen LogP contribution is -2.43. The fourth-order valence-corrected chi connectivity index (χ4v) is 3.89. The molecule has 0 saturated heterocycles. The van der Waals surface area contributed by atoms with E-state index in [2.05, 4.69) is 23.5 Å². The highest BCUT2D eigenvalue weighted by Gasteiger charge is 2.42. The van der Waals surface area contributed by atoms with Crippen LogP contribution in [0.4, 0.5) is 0 Å². The summed E-state index contributed by atoms with van der Waals surface area (Å²) >= 11 is 1.67. The average molecular weight is 288 g/mol. The van der Waals surface area contributed by atoms with Gasteiger partial charge < -0.3 is 5.32 Å². The summed E-state index contributed by atoms with van der Waals surface area (Å²) in [6.07, 6.45) is 4.03. The van der Waals surface area contributed by atoms with Gasteiger partial charge in [0.1, 0.15) is 0 Å². The molecule has 1 atom stereocenters. The molecule has 1 amide bonds. The van der Waals surface area contributed by atoms with Gasteiger partial charge in [0.25, 0.3) is 0 Å². The molecule has 2 rings (SSSR count). The first kappa shape index (κ1) is 14.9. The van der Waals surface area contributed by atoms with Crippen molar-refractivity contribution in [3.63, 3.8) is 0 Å². The Morgan fingerprint density at radius 1 is 1.40 bits per heavy atom. The molecule has 1 N–H and O–H groups in total. The van der Waals surface area contributed by atoms with Crippen molar-refractivity contribution < 1.29 is 4.79 Å². The summed E-state index contributed by atoms with van der Waals surface area (Å²) in [6.45, 7) is 2.26. The van der Waals surface area contributed by atoms with Crippen molar-refractivity contribution in [2.24, 2.45) is 5.92 Å². The van der Waals surface area contributed by atoms with E-state index in [1.54, 1.807) is 11.8 Å². The second-order valence-electron chi connectivity index (χ2n) is 5.36. The van der Waals surface area contributed by atoms with Crippen LogP contribution in [0.5, 0.6) is 0 Å². The van der Waals surface area contributed by atoms with Gasteiger partial charge >= 0.3 is 0 Å². The Balaban J connectivity index is 2.06. The Bertz CT molecular complexity index is 489. The topological polar surface area (TPSA) is 52.9 Å². The maximum Gasteiger partial charge on any atom is 0.236 e. The van der Waals surface area contributed by atoms with Gasteiger partial charge in [-0.2, -0.15) is 5.26 Å². The summed E-state index contributed by atoms with van der Waals surface area (Å²) in [5.74, 6) is -0.0509. The molecule has 1 saturated carbocycles. The Morgan fingerprint density at radius 2 is 2.05 bits per heavy atom. The van der Waals surface area contributed by atoms with E-state index in [1.807, 2.05) is 25.1 Å². The van der Waals surface area contributed by atoms with Gasteiger partial charge in [-0.05, 0) is 31.9 Å². The van der Waals surface area contributed by atoms with Crippen molar-refractivity contribution in [3.8, 4) is 6.07 Å². The first-order valence-corrected chi connectivity index (χ1v) is 7.90. The number of nitrogens with zero attached hydrogens (tertiary/aromatic N) is 1. The third-order valence-electron chi connectivity index (χ3n) is 3.67. The van der Waals surface area contributed by atoms with Crippen molar-refractivity contribution in [1.29, 1.82) is 5.26 Å². The average Bonchev–Trinajstić information content (AvgIpc) is 2.95. The van der Waals surface area contributed by atoms with Crippen LogP contribution in [0, 0.1) is 17.2 Å². The fraction of sp³-hybridized carbons (Fsp3) is 0.500. The highest BCUT2D eigenvalue weighted by molar-refractivity contribution is 8.01. The summed E-state index contributed by atoms with van der Waals surface area (Å²) in [4.78, 5) is 13.7. The molecule has 0 radical (unpaired) electrons. The molecule has 0 spiro atoms. The van der Waals surface area contributed by atoms with Gasteiger partial charge in [-0.25, -0.2) is 0 Å². The molecule has 0 bridgehead atoms. The molecule has 1 aliphatic rings. The second kappa shape index (κ2) is 6.81. The minimum atomic E-state index is -0.351. The summed E-state index contributed by atoms with van der Waals surface area (Å²) in [5, 5.41) is 11.8. The first-order valence-electron chi connectivity index (χ1n) is 7.08. The maximum absolute atomic E-state index is 12.6. The molecule has 0 unspecified atom stereocenters. The van der Waals surface area contributed by atoms with Crippen LogP contribution in [0.25, 0.3) is 0 Å². The number of nitriles is 1. The van der Waals surface area contributed by atoms with Gasteiger partial charge in [0.05, 0.1) is 16.7 Å². The Kier molecular flexibility index (Phi) is 5.08. The number of nitrogens with one attached hydrogen (secondary N) is 1. The number of amides is 1. The van der Waals surface area contributed by atoms with Crippen molar-refractivity contribution in [1.82, 2.24) is 5.32 Å². The predicted molar refractivity (Wildman–Crippen MR) is 81.3 cm³/mol. The Labute approximate surface area is 124 Å². The largest absolute Gasteiger partial charge is 0.354 e. The van der Waals surface area contributed by atoms with Crippen LogP contribution in [0.2, 0.25) is 0 Å². The molecule has 1 fully saturated rings. The van der Waals surface area contributed by atoms with Gasteiger partial charge in [0.2, 0.25) is 5.91 Å². The summed E-state index contributed by atoms with van der Waals surface area (Å²) in [7, 11) is 0. The Morgan fingerprint density at radius 3 is 2.65 bits per heavy atom.